The van der Waals surface area contributed by atoms with Crippen molar-refractivity contribution in [3.63, 3.8) is 0 Å². The Hall–Kier alpha value is -2.56. The molecule has 0 unspecified atom stereocenters. The SMILES string of the molecule is C[C@@H]1CCCC[C@H]1NC(=O)COC(=O)COc1ccc2ccccc2c1. The summed E-state index contributed by atoms with van der Waals surface area (Å²) in [4.78, 5) is 23.8. The molecule has 1 saturated carbocycles. The molecule has 0 saturated heterocycles. The molecule has 3 rings (SSSR count). The van der Waals surface area contributed by atoms with Gasteiger partial charge in [0, 0.05) is 6.04 Å². The summed E-state index contributed by atoms with van der Waals surface area (Å²) >= 11 is 0. The van der Waals surface area contributed by atoms with Gasteiger partial charge < -0.3 is 14.8 Å². The van der Waals surface area contributed by atoms with Gasteiger partial charge in [0.15, 0.2) is 13.2 Å². The van der Waals surface area contributed by atoms with Crippen molar-refractivity contribution in [1.29, 1.82) is 0 Å². The molecule has 2 aromatic rings. The van der Waals surface area contributed by atoms with E-state index < -0.39 is 5.97 Å². The summed E-state index contributed by atoms with van der Waals surface area (Å²) < 4.78 is 10.5. The van der Waals surface area contributed by atoms with E-state index in [-0.39, 0.29) is 25.2 Å². The van der Waals surface area contributed by atoms with Crippen LogP contribution in [0.2, 0.25) is 0 Å². The van der Waals surface area contributed by atoms with Gasteiger partial charge in [-0.1, -0.05) is 50.1 Å². The van der Waals surface area contributed by atoms with Gasteiger partial charge in [0.2, 0.25) is 0 Å². The van der Waals surface area contributed by atoms with Gasteiger partial charge in [-0.05, 0) is 41.7 Å². The standard InChI is InChI=1S/C21H25NO4/c1-15-6-2-5-9-19(15)22-20(23)13-26-21(24)14-25-18-11-10-16-7-3-4-8-17(16)12-18/h3-4,7-8,10-12,15,19H,2,5-6,9,13-14H2,1H3,(H,22,23)/t15-,19-/m1/s1. The fourth-order valence-corrected chi connectivity index (χ4v) is 3.37. The normalized spacial score (nSPS) is 19.7. The van der Waals surface area contributed by atoms with Crippen molar-refractivity contribution in [1.82, 2.24) is 5.32 Å². The first-order valence-electron chi connectivity index (χ1n) is 9.18. The molecule has 5 heteroatoms. The predicted molar refractivity (Wildman–Crippen MR) is 100.0 cm³/mol. The van der Waals surface area contributed by atoms with Gasteiger partial charge in [-0.2, -0.15) is 0 Å². The molecule has 0 heterocycles. The second kappa shape index (κ2) is 8.70. The van der Waals surface area contributed by atoms with Crippen molar-refractivity contribution in [2.45, 2.75) is 38.6 Å². The maximum absolute atomic E-state index is 12.0. The molecule has 2 atom stereocenters. The maximum atomic E-state index is 12.0. The lowest BCUT2D eigenvalue weighted by molar-refractivity contribution is -0.150. The molecule has 5 nitrogen and oxygen atoms in total. The minimum Gasteiger partial charge on any atom is -0.482 e. The highest BCUT2D eigenvalue weighted by Gasteiger charge is 2.23. The topological polar surface area (TPSA) is 64.6 Å². The summed E-state index contributed by atoms with van der Waals surface area (Å²) in [5.41, 5.74) is 0. The Morgan fingerprint density at radius 3 is 2.62 bits per heavy atom. The van der Waals surface area contributed by atoms with Crippen LogP contribution in [0, 0.1) is 5.92 Å². The number of fused-ring (bicyclic) bond motifs is 1. The third-order valence-corrected chi connectivity index (χ3v) is 4.90. The van der Waals surface area contributed by atoms with Crippen molar-refractivity contribution in [3.8, 4) is 5.75 Å². The van der Waals surface area contributed by atoms with Crippen LogP contribution in [0.5, 0.6) is 5.75 Å². The lowest BCUT2D eigenvalue weighted by atomic mass is 9.86. The summed E-state index contributed by atoms with van der Waals surface area (Å²) in [5.74, 6) is 0.272. The highest BCUT2D eigenvalue weighted by molar-refractivity contribution is 5.84. The van der Waals surface area contributed by atoms with Gasteiger partial charge >= 0.3 is 5.97 Å². The number of hydrogen-bond acceptors (Lipinski definition) is 4. The fraction of sp³-hybridized carbons (Fsp3) is 0.429. The average Bonchev–Trinajstić information content (AvgIpc) is 2.66. The summed E-state index contributed by atoms with van der Waals surface area (Å²) in [6.07, 6.45) is 4.47. The molecule has 0 bridgehead atoms. The number of benzene rings is 2. The Bertz CT molecular complexity index is 773. The predicted octanol–water partition coefficient (Wildman–Crippen LogP) is 3.46. The van der Waals surface area contributed by atoms with Gasteiger partial charge in [-0.25, -0.2) is 4.79 Å². The lowest BCUT2D eigenvalue weighted by Crippen LogP contribution is -2.43. The van der Waals surface area contributed by atoms with Crippen LogP contribution in [0.3, 0.4) is 0 Å². The Labute approximate surface area is 153 Å². The van der Waals surface area contributed by atoms with E-state index in [9.17, 15) is 9.59 Å². The van der Waals surface area contributed by atoms with Crippen LogP contribution in [0.4, 0.5) is 0 Å². The average molecular weight is 355 g/mol. The first-order valence-corrected chi connectivity index (χ1v) is 9.18. The van der Waals surface area contributed by atoms with Crippen LogP contribution in [0.1, 0.15) is 32.6 Å². The number of nitrogens with one attached hydrogen (secondary N) is 1. The zero-order chi connectivity index (χ0) is 18.4. The van der Waals surface area contributed by atoms with E-state index >= 15 is 0 Å². The first-order chi connectivity index (χ1) is 12.6. The van der Waals surface area contributed by atoms with Crippen molar-refractivity contribution in [3.05, 3.63) is 42.5 Å². The van der Waals surface area contributed by atoms with E-state index in [1.54, 1.807) is 0 Å². The monoisotopic (exact) mass is 355 g/mol. The minimum atomic E-state index is -0.551. The summed E-state index contributed by atoms with van der Waals surface area (Å²) in [6, 6.07) is 13.7. The van der Waals surface area contributed by atoms with Crippen molar-refractivity contribution in [2.75, 3.05) is 13.2 Å². The molecule has 0 radical (unpaired) electrons. The van der Waals surface area contributed by atoms with Crippen molar-refractivity contribution >= 4 is 22.6 Å². The Balaban J connectivity index is 1.41. The highest BCUT2D eigenvalue weighted by atomic mass is 16.6. The number of carbonyl (C=O) groups is 2. The summed E-state index contributed by atoms with van der Waals surface area (Å²) in [5, 5.41) is 5.11. The molecule has 26 heavy (non-hydrogen) atoms. The van der Waals surface area contributed by atoms with Crippen LogP contribution in [0.25, 0.3) is 10.8 Å². The zero-order valence-electron chi connectivity index (χ0n) is 15.1. The number of carbonyl (C=O) groups excluding carboxylic acids is 2. The Morgan fingerprint density at radius 1 is 1.04 bits per heavy atom. The van der Waals surface area contributed by atoms with Crippen LogP contribution < -0.4 is 10.1 Å². The number of esters is 1. The molecule has 0 spiro atoms. The molecule has 1 fully saturated rings. The molecular weight excluding hydrogens is 330 g/mol. The highest BCUT2D eigenvalue weighted by Crippen LogP contribution is 2.23. The molecule has 0 aromatic heterocycles. The molecule has 138 valence electrons. The summed E-state index contributed by atoms with van der Waals surface area (Å²) in [7, 11) is 0. The van der Waals surface area contributed by atoms with Crippen LogP contribution in [0.15, 0.2) is 42.5 Å². The van der Waals surface area contributed by atoms with E-state index in [1.165, 1.54) is 6.42 Å². The van der Waals surface area contributed by atoms with E-state index in [4.69, 9.17) is 9.47 Å². The van der Waals surface area contributed by atoms with Crippen molar-refractivity contribution < 1.29 is 19.1 Å². The van der Waals surface area contributed by atoms with E-state index in [0.29, 0.717) is 11.7 Å². The minimum absolute atomic E-state index is 0.184. The Kier molecular flexibility index (Phi) is 6.10. The third kappa shape index (κ3) is 4.97. The number of ether oxygens (including phenoxy) is 2. The van der Waals surface area contributed by atoms with Crippen LogP contribution >= 0.6 is 0 Å². The quantitative estimate of drug-likeness (QED) is 0.806. The van der Waals surface area contributed by atoms with E-state index in [2.05, 4.69) is 12.2 Å². The fourth-order valence-electron chi connectivity index (χ4n) is 3.37. The Morgan fingerprint density at radius 2 is 1.81 bits per heavy atom. The molecule has 1 aliphatic carbocycles. The van der Waals surface area contributed by atoms with Crippen molar-refractivity contribution in [2.24, 2.45) is 5.92 Å². The molecule has 1 aliphatic rings. The number of rotatable bonds is 6. The zero-order valence-corrected chi connectivity index (χ0v) is 15.1. The molecule has 1 amide bonds. The second-order valence-electron chi connectivity index (χ2n) is 6.89. The van der Waals surface area contributed by atoms with Crippen LogP contribution in [-0.4, -0.2) is 31.1 Å². The molecule has 0 aliphatic heterocycles. The van der Waals surface area contributed by atoms with Gasteiger partial charge in [0.1, 0.15) is 5.75 Å². The number of amides is 1. The smallest absolute Gasteiger partial charge is 0.344 e. The van der Waals surface area contributed by atoms with E-state index in [0.717, 1.165) is 30.0 Å². The molecule has 1 N–H and O–H groups in total. The van der Waals surface area contributed by atoms with Gasteiger partial charge in [0.05, 0.1) is 0 Å². The third-order valence-electron chi connectivity index (χ3n) is 4.90. The maximum Gasteiger partial charge on any atom is 0.344 e. The van der Waals surface area contributed by atoms with E-state index in [1.807, 2.05) is 42.5 Å². The van der Waals surface area contributed by atoms with Crippen LogP contribution in [-0.2, 0) is 14.3 Å². The van der Waals surface area contributed by atoms with Gasteiger partial charge in [-0.15, -0.1) is 0 Å². The van der Waals surface area contributed by atoms with Gasteiger partial charge in [0.25, 0.3) is 5.91 Å². The van der Waals surface area contributed by atoms with Gasteiger partial charge in [-0.3, -0.25) is 4.79 Å². The number of hydrogen-bond donors (Lipinski definition) is 1. The second-order valence-corrected chi connectivity index (χ2v) is 6.89. The largest absolute Gasteiger partial charge is 0.482 e. The summed E-state index contributed by atoms with van der Waals surface area (Å²) in [6.45, 7) is 1.67. The lowest BCUT2D eigenvalue weighted by Gasteiger charge is -2.29. The molecular formula is C21H25NO4. The molecule has 2 aromatic carbocycles. The first kappa shape index (κ1) is 18.2.